The van der Waals surface area contributed by atoms with Gasteiger partial charge in [-0.2, -0.15) is 0 Å². The van der Waals surface area contributed by atoms with Crippen LogP contribution in [0.2, 0.25) is 5.04 Å². The van der Waals surface area contributed by atoms with E-state index in [-0.39, 0.29) is 24.0 Å². The summed E-state index contributed by atoms with van der Waals surface area (Å²) < 4.78 is 12.3. The first-order valence-electron chi connectivity index (χ1n) is 14.0. The lowest BCUT2D eigenvalue weighted by Crippen LogP contribution is -2.66. The normalized spacial score (nSPS) is 17.2. The largest absolute Gasteiger partial charge is 0.446 e. The van der Waals surface area contributed by atoms with Gasteiger partial charge in [0.05, 0.1) is 0 Å². The highest BCUT2D eigenvalue weighted by atomic mass is 28.4. The van der Waals surface area contributed by atoms with Crippen LogP contribution in [0.5, 0.6) is 0 Å². The average Bonchev–Trinajstić information content (AvgIpc) is 3.35. The first-order valence-corrected chi connectivity index (χ1v) is 15.9. The molecule has 0 bridgehead atoms. The quantitative estimate of drug-likeness (QED) is 0.151. The Morgan fingerprint density at radius 3 is 1.98 bits per heavy atom. The summed E-state index contributed by atoms with van der Waals surface area (Å²) in [6.45, 7) is 13.6. The number of amides is 2. The highest BCUT2D eigenvalue weighted by Gasteiger charge is 2.50. The predicted octanol–water partition coefficient (Wildman–Crippen LogP) is 6.65. The van der Waals surface area contributed by atoms with Gasteiger partial charge in [-0.3, -0.25) is 4.79 Å². The van der Waals surface area contributed by atoms with Crippen molar-refractivity contribution in [3.8, 4) is 0 Å². The van der Waals surface area contributed by atoms with Crippen LogP contribution in [0.25, 0.3) is 0 Å². The van der Waals surface area contributed by atoms with Crippen LogP contribution in [0.4, 0.5) is 4.79 Å². The average molecular weight is 556 g/mol. The fraction of sp³-hybridized carbons (Fsp3) is 0.353. The fourth-order valence-corrected chi connectivity index (χ4v) is 10.4. The molecule has 0 aliphatic carbocycles. The van der Waals surface area contributed by atoms with Gasteiger partial charge in [0.15, 0.2) is 0 Å². The second-order valence-electron chi connectivity index (χ2n) is 11.9. The molecular formula is C34H41NO4Si. The summed E-state index contributed by atoms with van der Waals surface area (Å²) >= 11 is 0. The molecule has 0 spiro atoms. The summed E-state index contributed by atoms with van der Waals surface area (Å²) in [6, 6.07) is 30.3. The number of carbonyl (C=O) groups is 2. The van der Waals surface area contributed by atoms with E-state index in [1.54, 1.807) is 0 Å². The molecule has 4 rings (SSSR count). The Hall–Kier alpha value is -3.48. The fourth-order valence-electron chi connectivity index (χ4n) is 5.77. The van der Waals surface area contributed by atoms with E-state index in [9.17, 15) is 9.59 Å². The van der Waals surface area contributed by atoms with Gasteiger partial charge in [0.1, 0.15) is 12.6 Å². The maximum Gasteiger partial charge on any atom is 0.417 e. The number of hydrogen-bond donors (Lipinski definition) is 0. The van der Waals surface area contributed by atoms with Crippen molar-refractivity contribution in [2.45, 2.75) is 58.0 Å². The zero-order valence-electron chi connectivity index (χ0n) is 24.1. The molecule has 3 aromatic rings. The molecule has 1 heterocycles. The molecule has 5 nitrogen and oxygen atoms in total. The van der Waals surface area contributed by atoms with Gasteiger partial charge in [-0.25, -0.2) is 9.69 Å². The van der Waals surface area contributed by atoms with E-state index in [0.29, 0.717) is 13.0 Å². The summed E-state index contributed by atoms with van der Waals surface area (Å²) in [6.07, 6.45) is 2.90. The number of rotatable bonds is 11. The van der Waals surface area contributed by atoms with E-state index in [1.165, 1.54) is 15.3 Å². The van der Waals surface area contributed by atoms with Crippen molar-refractivity contribution in [2.24, 2.45) is 5.41 Å². The van der Waals surface area contributed by atoms with E-state index in [1.807, 2.05) is 55.5 Å². The van der Waals surface area contributed by atoms with Gasteiger partial charge in [0, 0.05) is 13.0 Å². The molecule has 1 saturated heterocycles. The van der Waals surface area contributed by atoms with Crippen molar-refractivity contribution in [3.63, 3.8) is 0 Å². The third-order valence-electron chi connectivity index (χ3n) is 8.00. The van der Waals surface area contributed by atoms with Crippen LogP contribution >= 0.6 is 0 Å². The standard InChI is InChI=1S/C34H41NO4Si/c1-6-34(5,25-31(36)35-30(26-38-32(35)37)27-17-10-7-11-18-27)23-16-24-39-40(33(2,3)4,28-19-12-8-13-20-28)29-21-14-9-15-22-29/h6-15,17-22,30H,1,16,23-26H2,2-5H3/t30-,34-/m1/s1. The molecule has 0 radical (unpaired) electrons. The number of carbonyl (C=O) groups excluding carboxylic acids is 2. The molecule has 3 aromatic carbocycles. The van der Waals surface area contributed by atoms with E-state index < -0.39 is 25.9 Å². The lowest BCUT2D eigenvalue weighted by molar-refractivity contribution is -0.131. The van der Waals surface area contributed by atoms with E-state index in [4.69, 9.17) is 9.16 Å². The van der Waals surface area contributed by atoms with E-state index in [2.05, 4.69) is 75.9 Å². The van der Waals surface area contributed by atoms with E-state index >= 15 is 0 Å². The van der Waals surface area contributed by atoms with Crippen LogP contribution < -0.4 is 10.4 Å². The predicted molar refractivity (Wildman–Crippen MR) is 163 cm³/mol. The number of allylic oxidation sites excluding steroid dienone is 1. The maximum absolute atomic E-state index is 13.5. The third kappa shape index (κ3) is 6.13. The number of hydrogen-bond acceptors (Lipinski definition) is 4. The van der Waals surface area contributed by atoms with Crippen molar-refractivity contribution in [1.82, 2.24) is 4.90 Å². The zero-order chi connectivity index (χ0) is 28.8. The Morgan fingerprint density at radius 1 is 0.950 bits per heavy atom. The van der Waals surface area contributed by atoms with Crippen LogP contribution in [0.15, 0.2) is 104 Å². The van der Waals surface area contributed by atoms with Crippen molar-refractivity contribution < 1.29 is 18.8 Å². The van der Waals surface area contributed by atoms with Gasteiger partial charge in [0.2, 0.25) is 5.91 Å². The molecular weight excluding hydrogens is 514 g/mol. The Morgan fingerprint density at radius 2 is 1.48 bits per heavy atom. The highest BCUT2D eigenvalue weighted by molar-refractivity contribution is 6.99. The highest BCUT2D eigenvalue weighted by Crippen LogP contribution is 2.38. The molecule has 1 aliphatic heterocycles. The SMILES string of the molecule is C=C[C@](C)(CCCO[Si](c1ccccc1)(c1ccccc1)C(C)(C)C)CC(=O)N1C(=O)OC[C@@H]1c1ccccc1. The summed E-state index contributed by atoms with van der Waals surface area (Å²) in [5.41, 5.74) is 0.399. The van der Waals surface area contributed by atoms with Crippen molar-refractivity contribution in [1.29, 1.82) is 0 Å². The van der Waals surface area contributed by atoms with Gasteiger partial charge in [0.25, 0.3) is 8.32 Å². The Labute approximate surface area is 240 Å². The minimum absolute atomic E-state index is 0.101. The maximum atomic E-state index is 13.5. The molecule has 40 heavy (non-hydrogen) atoms. The summed E-state index contributed by atoms with van der Waals surface area (Å²) in [5, 5.41) is 2.39. The minimum Gasteiger partial charge on any atom is -0.446 e. The smallest absolute Gasteiger partial charge is 0.417 e. The Kier molecular flexibility index (Phi) is 9.11. The van der Waals surface area contributed by atoms with Gasteiger partial charge in [-0.05, 0) is 39.2 Å². The first-order chi connectivity index (χ1) is 19.1. The van der Waals surface area contributed by atoms with Crippen LogP contribution in [-0.2, 0) is 14.0 Å². The van der Waals surface area contributed by atoms with Gasteiger partial charge >= 0.3 is 6.09 Å². The summed E-state index contributed by atoms with van der Waals surface area (Å²) in [7, 11) is -2.63. The molecule has 2 amide bonds. The molecule has 6 heteroatoms. The number of cyclic esters (lactones) is 1. The van der Waals surface area contributed by atoms with Crippen molar-refractivity contribution >= 4 is 30.7 Å². The van der Waals surface area contributed by atoms with E-state index in [0.717, 1.165) is 12.0 Å². The number of nitrogens with zero attached hydrogens (tertiary/aromatic N) is 1. The molecule has 1 fully saturated rings. The summed E-state index contributed by atoms with van der Waals surface area (Å²) in [5.74, 6) is -0.244. The van der Waals surface area contributed by atoms with Crippen LogP contribution in [0, 0.1) is 5.41 Å². The lowest BCUT2D eigenvalue weighted by Gasteiger charge is -2.43. The molecule has 0 unspecified atom stereocenters. The van der Waals surface area contributed by atoms with Gasteiger partial charge in [-0.15, -0.1) is 6.58 Å². The number of benzene rings is 3. The second-order valence-corrected chi connectivity index (χ2v) is 16.2. The molecule has 210 valence electrons. The van der Waals surface area contributed by atoms with Crippen LogP contribution in [-0.4, -0.2) is 38.4 Å². The monoisotopic (exact) mass is 555 g/mol. The topological polar surface area (TPSA) is 55.8 Å². The lowest BCUT2D eigenvalue weighted by atomic mass is 9.81. The number of imide groups is 1. The molecule has 0 N–H and O–H groups in total. The van der Waals surface area contributed by atoms with Crippen molar-refractivity contribution in [2.75, 3.05) is 13.2 Å². The summed E-state index contributed by atoms with van der Waals surface area (Å²) in [4.78, 5) is 27.3. The van der Waals surface area contributed by atoms with Gasteiger partial charge in [-0.1, -0.05) is 125 Å². The Bertz CT molecular complexity index is 1250. The first kappa shape index (κ1) is 29.5. The second kappa shape index (κ2) is 12.4. The van der Waals surface area contributed by atoms with Crippen LogP contribution in [0.3, 0.4) is 0 Å². The number of ether oxygens (including phenoxy) is 1. The molecule has 1 aliphatic rings. The zero-order valence-corrected chi connectivity index (χ0v) is 25.1. The molecule has 0 aromatic heterocycles. The third-order valence-corrected chi connectivity index (χ3v) is 13.0. The van der Waals surface area contributed by atoms with Gasteiger partial charge < -0.3 is 9.16 Å². The Balaban J connectivity index is 1.48. The molecule has 0 saturated carbocycles. The van der Waals surface area contributed by atoms with Crippen LogP contribution in [0.1, 0.15) is 58.6 Å². The van der Waals surface area contributed by atoms with Crippen molar-refractivity contribution in [3.05, 3.63) is 109 Å². The molecule has 2 atom stereocenters. The minimum atomic E-state index is -2.63.